The Morgan fingerprint density at radius 3 is 2.33 bits per heavy atom. The van der Waals surface area contributed by atoms with Crippen molar-refractivity contribution < 1.29 is 4.79 Å². The number of carbonyl (C=O) groups excluding carboxylic acids is 1. The Labute approximate surface area is 133 Å². The molecule has 3 fully saturated rings. The second kappa shape index (κ2) is 6.23. The fourth-order valence-corrected chi connectivity index (χ4v) is 5.12. The second-order valence-electron chi connectivity index (χ2n) is 7.46. The highest BCUT2D eigenvalue weighted by atomic mass is 32.1. The van der Waals surface area contributed by atoms with E-state index in [-0.39, 0.29) is 17.4 Å². The van der Waals surface area contributed by atoms with Crippen molar-refractivity contribution in [2.75, 3.05) is 0 Å². The van der Waals surface area contributed by atoms with Crippen molar-refractivity contribution in [3.63, 3.8) is 0 Å². The summed E-state index contributed by atoms with van der Waals surface area (Å²) in [6, 6.07) is 0. The van der Waals surface area contributed by atoms with Crippen LogP contribution in [0.4, 0.5) is 0 Å². The number of amides is 1. The Balaban J connectivity index is 1.61. The molecule has 3 unspecified atom stereocenters. The van der Waals surface area contributed by atoms with E-state index in [0.29, 0.717) is 4.99 Å². The first-order valence-corrected chi connectivity index (χ1v) is 9.13. The number of hydrogen-bond acceptors (Lipinski definition) is 2. The van der Waals surface area contributed by atoms with Gasteiger partial charge in [-0.15, -0.1) is 0 Å². The Morgan fingerprint density at radius 1 is 1.00 bits per heavy atom. The Bertz CT molecular complexity index is 417. The van der Waals surface area contributed by atoms with Crippen molar-refractivity contribution in [2.24, 2.45) is 23.5 Å². The summed E-state index contributed by atoms with van der Waals surface area (Å²) in [6.07, 6.45) is 12.9. The zero-order chi connectivity index (χ0) is 14.9. The third kappa shape index (κ3) is 3.10. The third-order valence-electron chi connectivity index (χ3n) is 6.20. The van der Waals surface area contributed by atoms with Gasteiger partial charge in [-0.1, -0.05) is 50.7 Å². The molecule has 0 bridgehead atoms. The van der Waals surface area contributed by atoms with Crippen LogP contribution in [0.1, 0.15) is 70.6 Å². The van der Waals surface area contributed by atoms with Crippen molar-refractivity contribution in [3.05, 3.63) is 0 Å². The molecule has 3 rings (SSSR count). The highest BCUT2D eigenvalue weighted by Crippen LogP contribution is 2.43. The first kappa shape index (κ1) is 15.3. The van der Waals surface area contributed by atoms with Gasteiger partial charge in [0, 0.05) is 5.92 Å². The smallest absolute Gasteiger partial charge is 0.223 e. The van der Waals surface area contributed by atoms with Crippen LogP contribution in [0.3, 0.4) is 0 Å². The van der Waals surface area contributed by atoms with Crippen molar-refractivity contribution in [2.45, 2.75) is 76.2 Å². The maximum absolute atomic E-state index is 12.7. The van der Waals surface area contributed by atoms with E-state index in [1.807, 2.05) is 0 Å². The fraction of sp³-hybridized carbons (Fsp3) is 0.882. The van der Waals surface area contributed by atoms with Crippen LogP contribution in [-0.2, 0) is 4.79 Å². The predicted molar refractivity (Wildman–Crippen MR) is 88.9 cm³/mol. The lowest BCUT2D eigenvalue weighted by molar-refractivity contribution is -0.128. The lowest BCUT2D eigenvalue weighted by atomic mass is 9.67. The first-order valence-electron chi connectivity index (χ1n) is 8.73. The van der Waals surface area contributed by atoms with E-state index in [9.17, 15) is 4.79 Å². The summed E-state index contributed by atoms with van der Waals surface area (Å²) in [4.78, 5) is 13.2. The number of fused-ring (bicyclic) bond motifs is 1. The van der Waals surface area contributed by atoms with Crippen LogP contribution in [0.5, 0.6) is 0 Å². The quantitative estimate of drug-likeness (QED) is 0.787. The number of rotatable bonds is 3. The van der Waals surface area contributed by atoms with Crippen molar-refractivity contribution in [1.29, 1.82) is 0 Å². The van der Waals surface area contributed by atoms with E-state index in [1.54, 1.807) is 0 Å². The molecule has 118 valence electrons. The number of nitrogens with one attached hydrogen (secondary N) is 1. The van der Waals surface area contributed by atoms with Crippen molar-refractivity contribution in [3.8, 4) is 0 Å². The van der Waals surface area contributed by atoms with Gasteiger partial charge in [-0.3, -0.25) is 4.79 Å². The van der Waals surface area contributed by atoms with Gasteiger partial charge >= 0.3 is 0 Å². The SMILES string of the molecule is NC(=S)C1(NC(=O)C2CCC3CCCCC3C2)CCCC1. The average Bonchev–Trinajstić information content (AvgIpc) is 2.96. The minimum Gasteiger partial charge on any atom is -0.391 e. The summed E-state index contributed by atoms with van der Waals surface area (Å²) in [7, 11) is 0. The van der Waals surface area contributed by atoms with E-state index in [1.165, 1.54) is 32.1 Å². The van der Waals surface area contributed by atoms with Gasteiger partial charge in [0.05, 0.1) is 10.5 Å². The summed E-state index contributed by atoms with van der Waals surface area (Å²) < 4.78 is 0. The molecule has 1 amide bonds. The van der Waals surface area contributed by atoms with Crippen LogP contribution in [0.2, 0.25) is 0 Å². The molecule has 0 aliphatic heterocycles. The van der Waals surface area contributed by atoms with Gasteiger partial charge in [0.2, 0.25) is 5.91 Å². The van der Waals surface area contributed by atoms with Crippen LogP contribution < -0.4 is 11.1 Å². The molecule has 0 aromatic rings. The highest BCUT2D eigenvalue weighted by molar-refractivity contribution is 7.80. The molecule has 0 saturated heterocycles. The van der Waals surface area contributed by atoms with E-state index >= 15 is 0 Å². The van der Waals surface area contributed by atoms with Gasteiger partial charge in [0.1, 0.15) is 0 Å². The van der Waals surface area contributed by atoms with E-state index < -0.39 is 0 Å². The molecule has 21 heavy (non-hydrogen) atoms. The standard InChI is InChI=1S/C17H28N2OS/c18-16(21)17(9-3-4-10-17)19-15(20)14-8-7-12-5-1-2-6-13(12)11-14/h12-14H,1-11H2,(H2,18,21)(H,19,20). The van der Waals surface area contributed by atoms with Gasteiger partial charge in [-0.25, -0.2) is 0 Å². The molecule has 0 spiro atoms. The molecule has 3 aliphatic carbocycles. The first-order chi connectivity index (χ1) is 10.1. The monoisotopic (exact) mass is 308 g/mol. The summed E-state index contributed by atoms with van der Waals surface area (Å²) >= 11 is 5.24. The van der Waals surface area contributed by atoms with Crippen molar-refractivity contribution in [1.82, 2.24) is 5.32 Å². The van der Waals surface area contributed by atoms with Crippen LogP contribution in [0.15, 0.2) is 0 Å². The average molecular weight is 308 g/mol. The van der Waals surface area contributed by atoms with Crippen molar-refractivity contribution >= 4 is 23.1 Å². The van der Waals surface area contributed by atoms with Gasteiger partial charge in [-0.05, 0) is 43.9 Å². The second-order valence-corrected chi connectivity index (χ2v) is 7.90. The zero-order valence-electron chi connectivity index (χ0n) is 12.9. The van der Waals surface area contributed by atoms with Gasteiger partial charge < -0.3 is 11.1 Å². The minimum atomic E-state index is -0.379. The van der Waals surface area contributed by atoms with Crippen LogP contribution in [-0.4, -0.2) is 16.4 Å². The molecule has 4 heteroatoms. The molecule has 3 atom stereocenters. The molecular weight excluding hydrogens is 280 g/mol. The normalized spacial score (nSPS) is 35.0. The maximum Gasteiger partial charge on any atom is 0.223 e. The summed E-state index contributed by atoms with van der Waals surface area (Å²) in [6.45, 7) is 0. The number of carbonyl (C=O) groups is 1. The molecule has 0 aromatic carbocycles. The summed E-state index contributed by atoms with van der Waals surface area (Å²) in [5, 5.41) is 3.25. The largest absolute Gasteiger partial charge is 0.391 e. The summed E-state index contributed by atoms with van der Waals surface area (Å²) in [5.41, 5.74) is 5.55. The van der Waals surface area contributed by atoms with E-state index in [0.717, 1.165) is 50.4 Å². The minimum absolute atomic E-state index is 0.191. The lowest BCUT2D eigenvalue weighted by Crippen LogP contribution is -2.56. The van der Waals surface area contributed by atoms with Crippen LogP contribution in [0, 0.1) is 17.8 Å². The Morgan fingerprint density at radius 2 is 1.67 bits per heavy atom. The molecule has 3 N–H and O–H groups in total. The maximum atomic E-state index is 12.7. The highest BCUT2D eigenvalue weighted by Gasteiger charge is 2.41. The summed E-state index contributed by atoms with van der Waals surface area (Å²) in [5.74, 6) is 2.08. The number of hydrogen-bond donors (Lipinski definition) is 2. The zero-order valence-corrected chi connectivity index (χ0v) is 13.7. The molecule has 0 heterocycles. The number of thiocarbonyl (C=S) groups is 1. The molecule has 3 saturated carbocycles. The lowest BCUT2D eigenvalue weighted by Gasteiger charge is -2.40. The topological polar surface area (TPSA) is 55.1 Å². The molecule has 3 nitrogen and oxygen atoms in total. The van der Waals surface area contributed by atoms with E-state index in [2.05, 4.69) is 5.32 Å². The van der Waals surface area contributed by atoms with Crippen LogP contribution in [0.25, 0.3) is 0 Å². The van der Waals surface area contributed by atoms with Gasteiger partial charge in [0.25, 0.3) is 0 Å². The molecule has 0 aromatic heterocycles. The molecule has 0 radical (unpaired) electrons. The molecular formula is C17H28N2OS. The van der Waals surface area contributed by atoms with E-state index in [4.69, 9.17) is 18.0 Å². The molecule has 3 aliphatic rings. The fourth-order valence-electron chi connectivity index (χ4n) is 4.86. The van der Waals surface area contributed by atoms with Gasteiger partial charge in [0.15, 0.2) is 0 Å². The number of nitrogens with two attached hydrogens (primary N) is 1. The predicted octanol–water partition coefficient (Wildman–Crippen LogP) is 3.31. The third-order valence-corrected chi connectivity index (χ3v) is 6.59. The Kier molecular flexibility index (Phi) is 4.53. The van der Waals surface area contributed by atoms with Crippen LogP contribution >= 0.6 is 12.2 Å². The van der Waals surface area contributed by atoms with Gasteiger partial charge in [-0.2, -0.15) is 0 Å². The Hall–Kier alpha value is -0.640.